The molecule has 7 heteroatoms. The lowest BCUT2D eigenvalue weighted by molar-refractivity contribution is 0.0697. The number of Topliss-reactive ketones (excluding diaryl/α,β-unsaturated/α-hetero) is 1. The number of aromatic nitrogens is 2. The number of aromatic amines is 1. The number of hydrogen-bond donors (Lipinski definition) is 2. The van der Waals surface area contributed by atoms with E-state index >= 15 is 0 Å². The maximum atomic E-state index is 13.3. The van der Waals surface area contributed by atoms with Crippen molar-refractivity contribution in [1.82, 2.24) is 9.97 Å². The molecule has 0 amide bonds. The molecule has 0 fully saturated rings. The average Bonchev–Trinajstić information content (AvgIpc) is 3.25. The quantitative estimate of drug-likeness (QED) is 0.498. The molecule has 0 spiro atoms. The molecular formula is C20H13FN2O3S. The number of carboxylic acids is 1. The Morgan fingerprint density at radius 3 is 2.70 bits per heavy atom. The van der Waals surface area contributed by atoms with E-state index in [1.807, 2.05) is 24.3 Å². The molecule has 4 rings (SSSR count). The summed E-state index contributed by atoms with van der Waals surface area (Å²) in [4.78, 5) is 32.3. The Hall–Kier alpha value is -3.32. The summed E-state index contributed by atoms with van der Waals surface area (Å²) in [5, 5.41) is 11.4. The van der Waals surface area contributed by atoms with Crippen molar-refractivity contribution in [2.24, 2.45) is 0 Å². The van der Waals surface area contributed by atoms with Crippen molar-refractivity contribution in [2.45, 2.75) is 6.42 Å². The first kappa shape index (κ1) is 17.1. The molecule has 0 aliphatic rings. The molecule has 2 heterocycles. The number of para-hydroxylation sites is 2. The normalized spacial score (nSPS) is 11.0. The van der Waals surface area contributed by atoms with Crippen molar-refractivity contribution in [2.75, 3.05) is 0 Å². The molecule has 0 aliphatic heterocycles. The fourth-order valence-electron chi connectivity index (χ4n) is 2.93. The third kappa shape index (κ3) is 3.24. The molecule has 0 radical (unpaired) electrons. The second-order valence-electron chi connectivity index (χ2n) is 5.97. The van der Waals surface area contributed by atoms with Gasteiger partial charge in [-0.1, -0.05) is 24.3 Å². The minimum atomic E-state index is -1.13. The first-order valence-electron chi connectivity index (χ1n) is 8.10. The molecule has 134 valence electrons. The summed E-state index contributed by atoms with van der Waals surface area (Å²) in [6.07, 6.45) is -0.115. The van der Waals surface area contributed by atoms with Crippen LogP contribution in [0.3, 0.4) is 0 Å². The molecule has 0 bridgehead atoms. The zero-order chi connectivity index (χ0) is 19.0. The van der Waals surface area contributed by atoms with Gasteiger partial charge in [-0.05, 0) is 24.3 Å². The van der Waals surface area contributed by atoms with Crippen LogP contribution in [0.5, 0.6) is 0 Å². The van der Waals surface area contributed by atoms with Gasteiger partial charge in [0.05, 0.1) is 16.6 Å². The SMILES string of the molecule is O=C(Cc1scc(-c2nc3ccccc3[nH]2)c1C(=O)O)c1cccc(F)c1. The number of fused-ring (bicyclic) bond motifs is 1. The van der Waals surface area contributed by atoms with Crippen LogP contribution in [0.4, 0.5) is 4.39 Å². The first-order valence-corrected chi connectivity index (χ1v) is 8.98. The van der Waals surface area contributed by atoms with Gasteiger partial charge in [-0.2, -0.15) is 0 Å². The number of carbonyl (C=O) groups excluding carboxylic acids is 1. The van der Waals surface area contributed by atoms with E-state index < -0.39 is 11.8 Å². The fraction of sp³-hybridized carbons (Fsp3) is 0.0500. The minimum absolute atomic E-state index is 0.0452. The summed E-state index contributed by atoms with van der Waals surface area (Å²) in [5.74, 6) is -1.54. The number of nitrogens with zero attached hydrogens (tertiary/aromatic N) is 1. The van der Waals surface area contributed by atoms with Crippen LogP contribution >= 0.6 is 11.3 Å². The van der Waals surface area contributed by atoms with Crippen LogP contribution in [0.1, 0.15) is 25.6 Å². The Labute approximate surface area is 157 Å². The van der Waals surface area contributed by atoms with E-state index in [0.717, 1.165) is 17.1 Å². The van der Waals surface area contributed by atoms with Crippen LogP contribution in [-0.2, 0) is 6.42 Å². The Bertz CT molecular complexity index is 1150. The number of ketones is 1. The number of aromatic carboxylic acids is 1. The van der Waals surface area contributed by atoms with Crippen LogP contribution < -0.4 is 0 Å². The highest BCUT2D eigenvalue weighted by Gasteiger charge is 2.23. The van der Waals surface area contributed by atoms with E-state index in [1.54, 1.807) is 5.38 Å². The minimum Gasteiger partial charge on any atom is -0.478 e. The van der Waals surface area contributed by atoms with Crippen LogP contribution in [0.2, 0.25) is 0 Å². The van der Waals surface area contributed by atoms with Crippen molar-refractivity contribution in [3.8, 4) is 11.4 Å². The fourth-order valence-corrected chi connectivity index (χ4v) is 3.95. The molecule has 0 unspecified atom stereocenters. The van der Waals surface area contributed by atoms with E-state index in [-0.39, 0.29) is 23.3 Å². The summed E-state index contributed by atoms with van der Waals surface area (Å²) in [7, 11) is 0. The van der Waals surface area contributed by atoms with Crippen LogP contribution in [-0.4, -0.2) is 26.8 Å². The van der Waals surface area contributed by atoms with Gasteiger partial charge >= 0.3 is 5.97 Å². The summed E-state index contributed by atoms with van der Waals surface area (Å²) < 4.78 is 13.3. The molecule has 0 saturated carbocycles. The van der Waals surface area contributed by atoms with Gasteiger partial charge in [-0.3, -0.25) is 4.79 Å². The van der Waals surface area contributed by atoms with Crippen LogP contribution in [0.25, 0.3) is 22.4 Å². The molecule has 2 aromatic heterocycles. The lowest BCUT2D eigenvalue weighted by Gasteiger charge is -2.03. The number of carboxylic acid groups (broad SMARTS) is 1. The van der Waals surface area contributed by atoms with Crippen molar-refractivity contribution in [1.29, 1.82) is 0 Å². The highest BCUT2D eigenvalue weighted by molar-refractivity contribution is 7.11. The van der Waals surface area contributed by atoms with Crippen molar-refractivity contribution in [3.63, 3.8) is 0 Å². The molecule has 27 heavy (non-hydrogen) atoms. The molecule has 5 nitrogen and oxygen atoms in total. The number of carbonyl (C=O) groups is 2. The third-order valence-corrected chi connectivity index (χ3v) is 5.18. The summed E-state index contributed by atoms with van der Waals surface area (Å²) >= 11 is 1.18. The monoisotopic (exact) mass is 380 g/mol. The molecule has 2 aromatic carbocycles. The van der Waals surface area contributed by atoms with Gasteiger partial charge in [-0.15, -0.1) is 11.3 Å². The van der Waals surface area contributed by atoms with Crippen molar-refractivity contribution in [3.05, 3.63) is 75.7 Å². The number of hydrogen-bond acceptors (Lipinski definition) is 4. The number of halogens is 1. The van der Waals surface area contributed by atoms with Gasteiger partial charge in [-0.25, -0.2) is 14.2 Å². The lowest BCUT2D eigenvalue weighted by Crippen LogP contribution is -2.07. The maximum absolute atomic E-state index is 13.3. The number of nitrogens with one attached hydrogen (secondary N) is 1. The van der Waals surface area contributed by atoms with Gasteiger partial charge in [0.25, 0.3) is 0 Å². The second kappa shape index (κ2) is 6.77. The topological polar surface area (TPSA) is 83.0 Å². The van der Waals surface area contributed by atoms with Gasteiger partial charge in [0.1, 0.15) is 11.6 Å². The second-order valence-corrected chi connectivity index (χ2v) is 6.93. The number of benzene rings is 2. The Morgan fingerprint density at radius 1 is 1.15 bits per heavy atom. The van der Waals surface area contributed by atoms with E-state index in [9.17, 15) is 19.1 Å². The molecule has 4 aromatic rings. The van der Waals surface area contributed by atoms with E-state index in [1.165, 1.54) is 29.5 Å². The zero-order valence-electron chi connectivity index (χ0n) is 13.9. The maximum Gasteiger partial charge on any atom is 0.337 e. The number of imidazole rings is 1. The Kier molecular flexibility index (Phi) is 4.29. The number of H-pyrrole nitrogens is 1. The van der Waals surface area contributed by atoms with Crippen LogP contribution in [0.15, 0.2) is 53.9 Å². The van der Waals surface area contributed by atoms with Crippen molar-refractivity contribution < 1.29 is 19.1 Å². The standard InChI is InChI=1S/C20H13FN2O3S/c21-12-5-3-4-11(8-12)16(24)9-17-18(20(25)26)13(10-27-17)19-22-14-6-1-2-7-15(14)23-19/h1-8,10H,9H2,(H,22,23)(H,25,26). The Balaban J connectivity index is 1.72. The summed E-state index contributed by atoms with van der Waals surface area (Å²) in [6.45, 7) is 0. The van der Waals surface area contributed by atoms with E-state index in [2.05, 4.69) is 9.97 Å². The largest absolute Gasteiger partial charge is 0.478 e. The Morgan fingerprint density at radius 2 is 1.96 bits per heavy atom. The number of thiophene rings is 1. The van der Waals surface area contributed by atoms with Crippen molar-refractivity contribution >= 4 is 34.1 Å². The van der Waals surface area contributed by atoms with Gasteiger partial charge < -0.3 is 10.1 Å². The summed E-state index contributed by atoms with van der Waals surface area (Å²) in [5.41, 5.74) is 2.22. The molecule has 0 atom stereocenters. The molecular weight excluding hydrogens is 367 g/mol. The predicted octanol–water partition coefficient (Wildman–Crippen LogP) is 4.55. The van der Waals surface area contributed by atoms with Gasteiger partial charge in [0.15, 0.2) is 5.78 Å². The predicted molar refractivity (Wildman–Crippen MR) is 101 cm³/mol. The average molecular weight is 380 g/mol. The molecule has 0 aliphatic carbocycles. The third-order valence-electron chi connectivity index (χ3n) is 4.19. The highest BCUT2D eigenvalue weighted by atomic mass is 32.1. The smallest absolute Gasteiger partial charge is 0.337 e. The molecule has 0 saturated heterocycles. The zero-order valence-corrected chi connectivity index (χ0v) is 14.7. The van der Waals surface area contributed by atoms with E-state index in [4.69, 9.17) is 0 Å². The first-order chi connectivity index (χ1) is 13.0. The summed E-state index contributed by atoms with van der Waals surface area (Å²) in [6, 6.07) is 12.8. The van der Waals surface area contributed by atoms with Crippen LogP contribution in [0, 0.1) is 5.82 Å². The lowest BCUT2D eigenvalue weighted by atomic mass is 10.0. The van der Waals surface area contributed by atoms with E-state index in [0.29, 0.717) is 16.3 Å². The molecule has 2 N–H and O–H groups in total. The van der Waals surface area contributed by atoms with Gasteiger partial charge in [0, 0.05) is 27.8 Å². The number of rotatable bonds is 5. The highest BCUT2D eigenvalue weighted by Crippen LogP contribution is 2.32. The van der Waals surface area contributed by atoms with Gasteiger partial charge in [0.2, 0.25) is 0 Å².